The molecule has 4 aromatic carbocycles. The number of allylic oxidation sites excluding steroid dienone is 2. The van der Waals surface area contributed by atoms with E-state index >= 15 is 0 Å². The van der Waals surface area contributed by atoms with Gasteiger partial charge in [0.2, 0.25) is 5.91 Å². The predicted octanol–water partition coefficient (Wildman–Crippen LogP) is 6.85. The number of nitrogens with one attached hydrogen (secondary N) is 3. The zero-order valence-electron chi connectivity index (χ0n) is 22.2. The highest BCUT2D eigenvalue weighted by Gasteiger charge is 2.35. The summed E-state index contributed by atoms with van der Waals surface area (Å²) in [5.74, 6) is -0.955. The van der Waals surface area contributed by atoms with Gasteiger partial charge in [-0.25, -0.2) is 0 Å². The van der Waals surface area contributed by atoms with Gasteiger partial charge >= 0.3 is 0 Å². The summed E-state index contributed by atoms with van der Waals surface area (Å²) in [6.45, 7) is 3.76. The maximum Gasteiger partial charge on any atom is 0.254 e. The highest BCUT2D eigenvalue weighted by Crippen LogP contribution is 2.41. The molecule has 0 radical (unpaired) electrons. The second-order valence-corrected chi connectivity index (χ2v) is 10.5. The van der Waals surface area contributed by atoms with Crippen molar-refractivity contribution in [2.24, 2.45) is 0 Å². The molecule has 0 aromatic heterocycles. The van der Waals surface area contributed by atoms with Crippen LogP contribution in [0.15, 0.2) is 119 Å². The van der Waals surface area contributed by atoms with E-state index in [9.17, 15) is 14.9 Å². The van der Waals surface area contributed by atoms with Gasteiger partial charge in [0.1, 0.15) is 0 Å². The molecule has 7 heteroatoms. The Kier molecular flexibility index (Phi) is 7.99. The lowest BCUT2D eigenvalue weighted by molar-refractivity contribution is -0.114. The second-order valence-electron chi connectivity index (χ2n) is 9.49. The molecule has 0 saturated carbocycles. The van der Waals surface area contributed by atoms with Crippen molar-refractivity contribution in [2.75, 3.05) is 16.4 Å². The first-order valence-electron chi connectivity index (χ1n) is 12.9. The van der Waals surface area contributed by atoms with Crippen LogP contribution in [0.2, 0.25) is 0 Å². The number of aryl methyl sites for hydroxylation is 1. The molecule has 4 aromatic rings. The Hall–Kier alpha value is -4.80. The van der Waals surface area contributed by atoms with Gasteiger partial charge in [0.05, 0.1) is 28.3 Å². The minimum atomic E-state index is -0.583. The number of benzene rings is 4. The summed E-state index contributed by atoms with van der Waals surface area (Å²) in [6, 6.07) is 33.1. The summed E-state index contributed by atoms with van der Waals surface area (Å²) in [7, 11) is 0. The molecule has 3 N–H and O–H groups in total. The molecular formula is C33H28N4O2S. The van der Waals surface area contributed by atoms with E-state index in [2.05, 4.69) is 22.0 Å². The molecule has 1 aliphatic heterocycles. The molecule has 1 heterocycles. The van der Waals surface area contributed by atoms with E-state index < -0.39 is 5.92 Å². The zero-order valence-corrected chi connectivity index (χ0v) is 23.0. The molecule has 0 bridgehead atoms. The maximum atomic E-state index is 13.6. The Balaban J connectivity index is 1.41. The quantitative estimate of drug-likeness (QED) is 0.236. The van der Waals surface area contributed by atoms with Gasteiger partial charge in [0.15, 0.2) is 0 Å². The first-order valence-corrected chi connectivity index (χ1v) is 13.9. The largest absolute Gasteiger partial charge is 0.353 e. The number of dihydropyridines is 1. The molecule has 0 aliphatic carbocycles. The summed E-state index contributed by atoms with van der Waals surface area (Å²) < 4.78 is 0. The highest BCUT2D eigenvalue weighted by molar-refractivity contribution is 8.03. The summed E-state index contributed by atoms with van der Waals surface area (Å²) in [4.78, 5) is 26.6. The Morgan fingerprint density at radius 3 is 2.30 bits per heavy atom. The number of nitriles is 1. The normalized spacial score (nSPS) is 14.9. The lowest BCUT2D eigenvalue weighted by Crippen LogP contribution is -2.31. The number of thioether (sulfide) groups is 1. The Bertz CT molecular complexity index is 1700. The lowest BCUT2D eigenvalue weighted by atomic mass is 9.82. The molecule has 2 amide bonds. The van der Waals surface area contributed by atoms with E-state index in [1.165, 1.54) is 11.8 Å². The van der Waals surface area contributed by atoms with Gasteiger partial charge in [0, 0.05) is 28.0 Å². The average Bonchev–Trinajstić information content (AvgIpc) is 2.97. The Morgan fingerprint density at radius 1 is 0.850 bits per heavy atom. The van der Waals surface area contributed by atoms with Crippen LogP contribution in [-0.4, -0.2) is 17.6 Å². The Morgan fingerprint density at radius 2 is 1.52 bits per heavy atom. The van der Waals surface area contributed by atoms with Crippen molar-refractivity contribution in [3.8, 4) is 6.07 Å². The molecule has 1 aliphatic rings. The number of amides is 2. The van der Waals surface area contributed by atoms with E-state index in [0.717, 1.165) is 27.6 Å². The van der Waals surface area contributed by atoms with Crippen LogP contribution in [0.5, 0.6) is 0 Å². The van der Waals surface area contributed by atoms with Crippen molar-refractivity contribution >= 4 is 45.7 Å². The molecule has 0 saturated heterocycles. The third kappa shape index (κ3) is 5.63. The molecule has 0 spiro atoms. The number of rotatable bonds is 7. The molecule has 0 fully saturated rings. The third-order valence-corrected chi connectivity index (χ3v) is 7.85. The number of hydrogen-bond acceptors (Lipinski definition) is 5. The molecule has 5 rings (SSSR count). The van der Waals surface area contributed by atoms with Crippen LogP contribution >= 0.6 is 11.8 Å². The maximum absolute atomic E-state index is 13.6. The Labute approximate surface area is 237 Å². The number of para-hydroxylation sites is 1. The van der Waals surface area contributed by atoms with Gasteiger partial charge in [-0.15, -0.1) is 0 Å². The van der Waals surface area contributed by atoms with Crippen LogP contribution < -0.4 is 16.0 Å². The molecule has 1 atom stereocenters. The SMILES string of the molecule is CC1=C(C(=O)Nc2ccccc2C)[C@@H](c2ccccc2)C(C#N)=C(SCC(=O)Nc2cccc3ccccc23)N1. The zero-order chi connectivity index (χ0) is 28.1. The van der Waals surface area contributed by atoms with Crippen molar-refractivity contribution in [3.05, 3.63) is 130 Å². The van der Waals surface area contributed by atoms with Crippen LogP contribution in [0, 0.1) is 18.3 Å². The molecule has 198 valence electrons. The molecule has 40 heavy (non-hydrogen) atoms. The number of nitrogens with zero attached hydrogens (tertiary/aromatic N) is 1. The van der Waals surface area contributed by atoms with Crippen molar-refractivity contribution in [1.29, 1.82) is 5.26 Å². The van der Waals surface area contributed by atoms with Gasteiger partial charge in [-0.05, 0) is 42.5 Å². The fraction of sp³-hybridized carbons (Fsp3) is 0.121. The molecule has 6 nitrogen and oxygen atoms in total. The van der Waals surface area contributed by atoms with Crippen molar-refractivity contribution < 1.29 is 9.59 Å². The highest BCUT2D eigenvalue weighted by atomic mass is 32.2. The van der Waals surface area contributed by atoms with Crippen molar-refractivity contribution in [1.82, 2.24) is 5.32 Å². The predicted molar refractivity (Wildman–Crippen MR) is 163 cm³/mol. The third-order valence-electron chi connectivity index (χ3n) is 6.83. The van der Waals surface area contributed by atoms with E-state index in [4.69, 9.17) is 0 Å². The van der Waals surface area contributed by atoms with E-state index in [1.54, 1.807) is 0 Å². The number of carbonyl (C=O) groups excluding carboxylic acids is 2. The van der Waals surface area contributed by atoms with Gasteiger partial charge in [-0.2, -0.15) is 5.26 Å². The number of carbonyl (C=O) groups is 2. The minimum Gasteiger partial charge on any atom is -0.353 e. The molecule has 0 unspecified atom stereocenters. The fourth-order valence-corrected chi connectivity index (χ4v) is 5.76. The standard InChI is InChI=1S/C33H28N4O2S/c1-21-11-6-9-17-27(21)37-32(39)30-22(2)35-33(26(19-34)31(30)24-13-4-3-5-14-24)40-20-29(38)36-28-18-10-15-23-12-7-8-16-25(23)28/h3-18,31,35H,20H2,1-2H3,(H,36,38)(H,37,39)/t31-/m0/s1. The monoisotopic (exact) mass is 544 g/mol. The average molecular weight is 545 g/mol. The smallest absolute Gasteiger partial charge is 0.254 e. The lowest BCUT2D eigenvalue weighted by Gasteiger charge is -2.30. The summed E-state index contributed by atoms with van der Waals surface area (Å²) in [6.07, 6.45) is 0. The van der Waals surface area contributed by atoms with Crippen LogP contribution in [-0.2, 0) is 9.59 Å². The number of anilines is 2. The summed E-state index contributed by atoms with van der Waals surface area (Å²) >= 11 is 1.25. The van der Waals surface area contributed by atoms with Crippen LogP contribution in [0.1, 0.15) is 24.0 Å². The van der Waals surface area contributed by atoms with Gasteiger partial charge in [-0.1, -0.05) is 96.7 Å². The van der Waals surface area contributed by atoms with Gasteiger partial charge in [-0.3, -0.25) is 9.59 Å². The van der Waals surface area contributed by atoms with E-state index in [1.807, 2.05) is 111 Å². The van der Waals surface area contributed by atoms with Crippen molar-refractivity contribution in [2.45, 2.75) is 19.8 Å². The van der Waals surface area contributed by atoms with Crippen LogP contribution in [0.3, 0.4) is 0 Å². The summed E-state index contributed by atoms with van der Waals surface area (Å²) in [5.41, 5.74) is 4.73. The van der Waals surface area contributed by atoms with E-state index in [0.29, 0.717) is 27.6 Å². The van der Waals surface area contributed by atoms with Crippen LogP contribution in [0.25, 0.3) is 10.8 Å². The van der Waals surface area contributed by atoms with Gasteiger partial charge < -0.3 is 16.0 Å². The minimum absolute atomic E-state index is 0.0935. The second kappa shape index (κ2) is 11.9. The van der Waals surface area contributed by atoms with Crippen molar-refractivity contribution in [3.63, 3.8) is 0 Å². The van der Waals surface area contributed by atoms with Gasteiger partial charge in [0.25, 0.3) is 5.91 Å². The number of hydrogen-bond donors (Lipinski definition) is 3. The first-order chi connectivity index (χ1) is 19.5. The first kappa shape index (κ1) is 26.8. The van der Waals surface area contributed by atoms with Crippen LogP contribution in [0.4, 0.5) is 11.4 Å². The van der Waals surface area contributed by atoms with E-state index in [-0.39, 0.29) is 17.6 Å². The topological polar surface area (TPSA) is 94.0 Å². The fourth-order valence-electron chi connectivity index (χ4n) is 4.87. The summed E-state index contributed by atoms with van der Waals surface area (Å²) in [5, 5.41) is 22.2. The molecular weight excluding hydrogens is 516 g/mol. The number of fused-ring (bicyclic) bond motifs is 1.